The molecule has 0 saturated carbocycles. The Bertz CT molecular complexity index is 586. The zero-order valence-corrected chi connectivity index (χ0v) is 12.4. The van der Waals surface area contributed by atoms with Gasteiger partial charge in [-0.05, 0) is 37.1 Å². The fourth-order valence-corrected chi connectivity index (χ4v) is 2.50. The Morgan fingerprint density at radius 2 is 2.00 bits per heavy atom. The van der Waals surface area contributed by atoms with Gasteiger partial charge in [0, 0.05) is 23.0 Å². The Kier molecular flexibility index (Phi) is 5.95. The van der Waals surface area contributed by atoms with Gasteiger partial charge in [-0.2, -0.15) is 0 Å². The Morgan fingerprint density at radius 1 is 1.20 bits per heavy atom. The summed E-state index contributed by atoms with van der Waals surface area (Å²) in [7, 11) is 0. The first-order valence-corrected chi connectivity index (χ1v) is 7.67. The molecule has 1 heterocycles. The monoisotopic (exact) mass is 310 g/mol. The molecule has 0 atom stereocenters. The molecule has 0 aliphatic rings. The number of ether oxygens (including phenoxy) is 1. The van der Waals surface area contributed by atoms with Crippen molar-refractivity contribution in [2.24, 2.45) is 0 Å². The van der Waals surface area contributed by atoms with E-state index in [2.05, 4.69) is 9.97 Å². The highest BCUT2D eigenvalue weighted by atomic mass is 35.5. The van der Waals surface area contributed by atoms with E-state index in [9.17, 15) is 4.79 Å². The van der Waals surface area contributed by atoms with Gasteiger partial charge in [-0.25, -0.2) is 4.98 Å². The topological polar surface area (TPSA) is 55.0 Å². The van der Waals surface area contributed by atoms with Crippen LogP contribution in [0.3, 0.4) is 0 Å². The first-order valence-electron chi connectivity index (χ1n) is 6.30. The van der Waals surface area contributed by atoms with Crippen molar-refractivity contribution < 1.29 is 4.74 Å². The van der Waals surface area contributed by atoms with Gasteiger partial charge in [-0.1, -0.05) is 23.4 Å². The number of thioether (sulfide) groups is 1. The molecule has 20 heavy (non-hydrogen) atoms. The summed E-state index contributed by atoms with van der Waals surface area (Å²) >= 11 is 7.34. The molecule has 0 bridgehead atoms. The van der Waals surface area contributed by atoms with Crippen molar-refractivity contribution in [3.05, 3.63) is 51.9 Å². The maximum atomic E-state index is 11.1. The van der Waals surface area contributed by atoms with Crippen molar-refractivity contribution in [3.8, 4) is 5.75 Å². The lowest BCUT2D eigenvalue weighted by Gasteiger charge is -2.05. The number of nitrogens with zero attached hydrogens (tertiary/aromatic N) is 1. The van der Waals surface area contributed by atoms with E-state index >= 15 is 0 Å². The molecule has 4 nitrogen and oxygen atoms in total. The molecule has 2 aromatic rings. The molecule has 1 aromatic carbocycles. The second kappa shape index (κ2) is 7.97. The number of benzene rings is 1. The molecule has 6 heteroatoms. The van der Waals surface area contributed by atoms with E-state index in [0.717, 1.165) is 24.3 Å². The van der Waals surface area contributed by atoms with Gasteiger partial charge in [-0.15, -0.1) is 0 Å². The molecule has 0 unspecified atom stereocenters. The normalized spacial score (nSPS) is 10.4. The van der Waals surface area contributed by atoms with Crippen molar-refractivity contribution in [1.29, 1.82) is 0 Å². The predicted octanol–water partition coefficient (Wildman–Crippen LogP) is 3.37. The van der Waals surface area contributed by atoms with Gasteiger partial charge in [0.05, 0.1) is 6.61 Å². The van der Waals surface area contributed by atoms with E-state index in [-0.39, 0.29) is 5.56 Å². The summed E-state index contributed by atoms with van der Waals surface area (Å²) in [6.45, 7) is 0.668. The zero-order valence-electron chi connectivity index (χ0n) is 10.8. The SMILES string of the molecule is O=c1ccnc(SCCCCOc2ccc(Cl)cc2)[nH]1. The van der Waals surface area contributed by atoms with Crippen molar-refractivity contribution in [2.75, 3.05) is 12.4 Å². The van der Waals surface area contributed by atoms with Crippen molar-refractivity contribution >= 4 is 23.4 Å². The highest BCUT2D eigenvalue weighted by molar-refractivity contribution is 7.99. The van der Waals surface area contributed by atoms with Gasteiger partial charge in [0.15, 0.2) is 5.16 Å². The fourth-order valence-electron chi connectivity index (χ4n) is 1.52. The lowest BCUT2D eigenvalue weighted by molar-refractivity contribution is 0.310. The summed E-state index contributed by atoms with van der Waals surface area (Å²) in [4.78, 5) is 17.8. The Labute approximate surface area is 126 Å². The minimum Gasteiger partial charge on any atom is -0.494 e. The van der Waals surface area contributed by atoms with Gasteiger partial charge in [0.1, 0.15) is 5.75 Å². The molecule has 1 N–H and O–H groups in total. The lowest BCUT2D eigenvalue weighted by atomic mass is 10.3. The van der Waals surface area contributed by atoms with Gasteiger partial charge >= 0.3 is 0 Å². The molecule has 0 spiro atoms. The Morgan fingerprint density at radius 3 is 2.75 bits per heavy atom. The lowest BCUT2D eigenvalue weighted by Crippen LogP contribution is -2.05. The highest BCUT2D eigenvalue weighted by Crippen LogP contribution is 2.16. The van der Waals surface area contributed by atoms with Crippen LogP contribution >= 0.6 is 23.4 Å². The second-order valence-electron chi connectivity index (χ2n) is 4.10. The minimum absolute atomic E-state index is 0.117. The number of unbranched alkanes of at least 4 members (excludes halogenated alkanes) is 1. The minimum atomic E-state index is -0.117. The number of aromatic amines is 1. The number of nitrogens with one attached hydrogen (secondary N) is 1. The van der Waals surface area contributed by atoms with Crippen molar-refractivity contribution in [2.45, 2.75) is 18.0 Å². The van der Waals surface area contributed by atoms with E-state index in [4.69, 9.17) is 16.3 Å². The van der Waals surface area contributed by atoms with Crippen LogP contribution in [0.2, 0.25) is 5.02 Å². The largest absolute Gasteiger partial charge is 0.494 e. The third-order valence-corrected chi connectivity index (χ3v) is 3.73. The molecule has 0 aliphatic heterocycles. The number of hydrogen-bond donors (Lipinski definition) is 1. The van der Waals surface area contributed by atoms with E-state index in [1.54, 1.807) is 11.8 Å². The molecular formula is C14H15ClN2O2S. The van der Waals surface area contributed by atoms with Crippen LogP contribution in [0.25, 0.3) is 0 Å². The number of aromatic nitrogens is 2. The van der Waals surface area contributed by atoms with E-state index in [1.807, 2.05) is 24.3 Å². The molecule has 0 radical (unpaired) electrons. The molecule has 0 aliphatic carbocycles. The summed E-state index contributed by atoms with van der Waals surface area (Å²) in [6.07, 6.45) is 3.47. The van der Waals surface area contributed by atoms with Crippen LogP contribution < -0.4 is 10.3 Å². The van der Waals surface area contributed by atoms with E-state index in [0.29, 0.717) is 16.8 Å². The zero-order chi connectivity index (χ0) is 14.2. The first-order chi connectivity index (χ1) is 9.74. The summed E-state index contributed by atoms with van der Waals surface area (Å²) in [5, 5.41) is 1.37. The maximum absolute atomic E-state index is 11.1. The fraction of sp³-hybridized carbons (Fsp3) is 0.286. The number of hydrogen-bond acceptors (Lipinski definition) is 4. The molecule has 0 fully saturated rings. The first kappa shape index (κ1) is 14.9. The van der Waals surface area contributed by atoms with Crippen molar-refractivity contribution in [3.63, 3.8) is 0 Å². The quantitative estimate of drug-likeness (QED) is 0.484. The van der Waals surface area contributed by atoms with Crippen LogP contribution in [0.5, 0.6) is 5.75 Å². The number of H-pyrrole nitrogens is 1. The van der Waals surface area contributed by atoms with E-state index < -0.39 is 0 Å². The van der Waals surface area contributed by atoms with Crippen LogP contribution in [0.15, 0.2) is 46.5 Å². The molecular weight excluding hydrogens is 296 g/mol. The van der Waals surface area contributed by atoms with Gasteiger partial charge < -0.3 is 9.72 Å². The molecule has 0 amide bonds. The highest BCUT2D eigenvalue weighted by Gasteiger charge is 1.97. The number of halogens is 1. The predicted molar refractivity (Wildman–Crippen MR) is 81.8 cm³/mol. The van der Waals surface area contributed by atoms with Crippen LogP contribution in [0.1, 0.15) is 12.8 Å². The van der Waals surface area contributed by atoms with Gasteiger partial charge in [0.25, 0.3) is 5.56 Å². The summed E-state index contributed by atoms with van der Waals surface area (Å²) in [5.74, 6) is 1.73. The average Bonchev–Trinajstić information content (AvgIpc) is 2.45. The van der Waals surface area contributed by atoms with Crippen LogP contribution in [-0.2, 0) is 0 Å². The standard InChI is InChI=1S/C14H15ClN2O2S/c15-11-3-5-12(6-4-11)19-9-1-2-10-20-14-16-8-7-13(18)17-14/h3-8H,1-2,9-10H2,(H,16,17,18). The molecule has 0 saturated heterocycles. The third-order valence-electron chi connectivity index (χ3n) is 2.51. The Balaban J connectivity index is 1.60. The number of rotatable bonds is 7. The average molecular weight is 311 g/mol. The third kappa shape index (κ3) is 5.27. The maximum Gasteiger partial charge on any atom is 0.251 e. The molecule has 2 rings (SSSR count). The molecule has 106 valence electrons. The summed E-state index contributed by atoms with van der Waals surface area (Å²) < 4.78 is 5.59. The summed E-state index contributed by atoms with van der Waals surface area (Å²) in [6, 6.07) is 8.74. The molecule has 1 aromatic heterocycles. The van der Waals surface area contributed by atoms with Crippen LogP contribution in [0.4, 0.5) is 0 Å². The van der Waals surface area contributed by atoms with E-state index in [1.165, 1.54) is 12.3 Å². The van der Waals surface area contributed by atoms with Crippen LogP contribution in [0, 0.1) is 0 Å². The van der Waals surface area contributed by atoms with Crippen LogP contribution in [-0.4, -0.2) is 22.3 Å². The van der Waals surface area contributed by atoms with Gasteiger partial charge in [0.2, 0.25) is 0 Å². The van der Waals surface area contributed by atoms with Gasteiger partial charge in [-0.3, -0.25) is 4.79 Å². The second-order valence-corrected chi connectivity index (χ2v) is 5.62. The summed E-state index contributed by atoms with van der Waals surface area (Å²) in [5.41, 5.74) is -0.117. The van der Waals surface area contributed by atoms with Crippen molar-refractivity contribution in [1.82, 2.24) is 9.97 Å². The Hall–Kier alpha value is -1.46. The smallest absolute Gasteiger partial charge is 0.251 e.